The first-order valence-electron chi connectivity index (χ1n) is 8.27. The third kappa shape index (κ3) is 4.00. The maximum atomic E-state index is 14.6. The van der Waals surface area contributed by atoms with Crippen LogP contribution in [0.1, 0.15) is 0 Å². The Balaban J connectivity index is 2.00. The molecule has 2 heterocycles. The van der Waals surface area contributed by atoms with Gasteiger partial charge in [-0.15, -0.1) is 0 Å². The van der Waals surface area contributed by atoms with Crippen molar-refractivity contribution in [2.45, 2.75) is 6.18 Å². The minimum Gasteiger partial charge on any atom is -0.482 e. The summed E-state index contributed by atoms with van der Waals surface area (Å²) in [5, 5.41) is -0.168. The van der Waals surface area contributed by atoms with Gasteiger partial charge in [-0.05, 0) is 6.07 Å². The van der Waals surface area contributed by atoms with E-state index in [9.17, 15) is 27.2 Å². The number of carbonyl (C=O) groups is 2. The molecule has 0 atom stereocenters. The van der Waals surface area contributed by atoms with E-state index in [4.69, 9.17) is 16.3 Å². The minimum absolute atomic E-state index is 0.00242. The first-order chi connectivity index (χ1) is 13.5. The summed E-state index contributed by atoms with van der Waals surface area (Å²) >= 11 is 5.94. The standard InChI is InChI=1S/C17H15ClF4N4O3/c1-24(2)15(28)8-29-12-6-11(10(19)5-9(12)18)26-14(27)7-13(17(20,21)22)25-4-3-23-16(25)26/h5-7H,3-4,8H2,1-2H3. The molecule has 2 amide bonds. The van der Waals surface area contributed by atoms with Crippen molar-refractivity contribution in [2.75, 3.05) is 38.7 Å². The van der Waals surface area contributed by atoms with E-state index in [0.29, 0.717) is 11.0 Å². The fourth-order valence-electron chi connectivity index (χ4n) is 2.74. The van der Waals surface area contributed by atoms with Crippen molar-refractivity contribution in [3.8, 4) is 5.75 Å². The molecule has 0 radical (unpaired) electrons. The van der Waals surface area contributed by atoms with Crippen molar-refractivity contribution in [1.82, 2.24) is 9.80 Å². The van der Waals surface area contributed by atoms with Gasteiger partial charge in [-0.25, -0.2) is 9.29 Å². The summed E-state index contributed by atoms with van der Waals surface area (Å²) in [5.74, 6) is -2.94. The highest BCUT2D eigenvalue weighted by Crippen LogP contribution is 2.38. The number of carbonyl (C=O) groups excluding carboxylic acids is 2. The van der Waals surface area contributed by atoms with Crippen LogP contribution in [-0.2, 0) is 9.59 Å². The molecule has 29 heavy (non-hydrogen) atoms. The Bertz CT molecular complexity index is 930. The number of benzene rings is 1. The smallest absolute Gasteiger partial charge is 0.431 e. The summed E-state index contributed by atoms with van der Waals surface area (Å²) in [7, 11) is 3.01. The van der Waals surface area contributed by atoms with E-state index < -0.39 is 41.8 Å². The average Bonchev–Trinajstić information content (AvgIpc) is 3.09. The van der Waals surface area contributed by atoms with Crippen LogP contribution in [0, 0.1) is 5.82 Å². The molecule has 2 aliphatic rings. The Morgan fingerprint density at radius 3 is 2.66 bits per heavy atom. The van der Waals surface area contributed by atoms with Crippen LogP contribution in [0.3, 0.4) is 0 Å². The lowest BCUT2D eigenvalue weighted by Gasteiger charge is -2.35. The number of aliphatic imine (C=N–C) groups is 1. The normalized spacial score (nSPS) is 16.4. The van der Waals surface area contributed by atoms with E-state index in [1.165, 1.54) is 19.0 Å². The van der Waals surface area contributed by atoms with E-state index in [0.717, 1.165) is 17.0 Å². The maximum Gasteiger partial charge on any atom is 0.431 e. The van der Waals surface area contributed by atoms with Crippen LogP contribution in [0.4, 0.5) is 23.2 Å². The first kappa shape index (κ1) is 20.9. The Hall–Kier alpha value is -2.82. The monoisotopic (exact) mass is 434 g/mol. The number of hydrogen-bond acceptors (Lipinski definition) is 5. The van der Waals surface area contributed by atoms with Gasteiger partial charge in [-0.3, -0.25) is 14.6 Å². The number of halogens is 5. The van der Waals surface area contributed by atoms with E-state index in [2.05, 4.69) is 4.99 Å². The van der Waals surface area contributed by atoms with Crippen LogP contribution in [0.2, 0.25) is 5.02 Å². The molecule has 1 aromatic carbocycles. The van der Waals surface area contributed by atoms with Gasteiger partial charge in [-0.1, -0.05) is 11.6 Å². The lowest BCUT2D eigenvalue weighted by Crippen LogP contribution is -2.51. The van der Waals surface area contributed by atoms with Crippen LogP contribution < -0.4 is 9.64 Å². The number of hydrogen-bond donors (Lipinski definition) is 0. The minimum atomic E-state index is -4.77. The number of anilines is 1. The Labute approximate surface area is 167 Å². The Morgan fingerprint density at radius 2 is 2.03 bits per heavy atom. The largest absolute Gasteiger partial charge is 0.482 e. The summed E-state index contributed by atoms with van der Waals surface area (Å²) in [5.41, 5.74) is -1.56. The number of amides is 2. The van der Waals surface area contributed by atoms with Crippen LogP contribution in [0.5, 0.6) is 5.75 Å². The van der Waals surface area contributed by atoms with Gasteiger partial charge in [0.1, 0.15) is 17.3 Å². The molecule has 2 aliphatic heterocycles. The quantitative estimate of drug-likeness (QED) is 0.683. The van der Waals surface area contributed by atoms with E-state index in [-0.39, 0.29) is 29.8 Å². The zero-order valence-corrected chi connectivity index (χ0v) is 16.0. The zero-order chi connectivity index (χ0) is 21.5. The third-order valence-electron chi connectivity index (χ3n) is 4.17. The second kappa shape index (κ2) is 7.54. The summed E-state index contributed by atoms with van der Waals surface area (Å²) in [4.78, 5) is 30.8. The van der Waals surface area contributed by atoms with Gasteiger partial charge >= 0.3 is 6.18 Å². The van der Waals surface area contributed by atoms with E-state index in [1.54, 1.807) is 0 Å². The molecule has 0 saturated carbocycles. The number of alkyl halides is 3. The molecule has 0 unspecified atom stereocenters. The molecule has 12 heteroatoms. The highest BCUT2D eigenvalue weighted by atomic mass is 35.5. The number of nitrogens with zero attached hydrogens (tertiary/aromatic N) is 4. The van der Waals surface area contributed by atoms with Crippen molar-refractivity contribution < 1.29 is 31.9 Å². The van der Waals surface area contributed by atoms with Gasteiger partial charge in [0, 0.05) is 32.8 Å². The molecule has 0 bridgehead atoms. The zero-order valence-electron chi connectivity index (χ0n) is 15.3. The highest BCUT2D eigenvalue weighted by Gasteiger charge is 2.47. The van der Waals surface area contributed by atoms with E-state index >= 15 is 0 Å². The predicted octanol–water partition coefficient (Wildman–Crippen LogP) is 2.41. The van der Waals surface area contributed by atoms with Crippen LogP contribution in [-0.4, -0.2) is 67.5 Å². The first-order valence-corrected chi connectivity index (χ1v) is 8.65. The van der Waals surface area contributed by atoms with Gasteiger partial charge < -0.3 is 14.5 Å². The molecule has 0 N–H and O–H groups in total. The molecular formula is C17H15ClF4N4O3. The maximum absolute atomic E-state index is 14.6. The molecule has 7 nitrogen and oxygen atoms in total. The summed E-state index contributed by atoms with van der Waals surface area (Å²) in [6, 6.07) is 1.90. The molecule has 156 valence electrons. The van der Waals surface area contributed by atoms with Crippen molar-refractivity contribution in [1.29, 1.82) is 0 Å². The number of likely N-dealkylation sites (N-methyl/N-ethyl adjacent to an activating group) is 1. The SMILES string of the molecule is CN(C)C(=O)COc1cc(N2C(=O)C=C(C(F)(F)F)N3CCN=C32)c(F)cc1Cl. The lowest BCUT2D eigenvalue weighted by molar-refractivity contribution is -0.130. The molecular weight excluding hydrogens is 420 g/mol. The molecule has 3 rings (SSSR count). The molecule has 1 aromatic rings. The van der Waals surface area contributed by atoms with Gasteiger partial charge in [0.2, 0.25) is 5.96 Å². The number of guanidine groups is 1. The second-order valence-electron chi connectivity index (χ2n) is 6.35. The van der Waals surface area contributed by atoms with Gasteiger partial charge in [0.15, 0.2) is 6.61 Å². The van der Waals surface area contributed by atoms with Crippen molar-refractivity contribution in [3.05, 3.63) is 34.7 Å². The van der Waals surface area contributed by atoms with E-state index in [1.807, 2.05) is 0 Å². The Kier molecular flexibility index (Phi) is 5.44. The second-order valence-corrected chi connectivity index (χ2v) is 6.75. The van der Waals surface area contributed by atoms with Crippen LogP contribution in [0.15, 0.2) is 28.9 Å². The predicted molar refractivity (Wildman–Crippen MR) is 96.2 cm³/mol. The number of ether oxygens (including phenoxy) is 1. The summed E-state index contributed by atoms with van der Waals surface area (Å²) in [6.45, 7) is -0.514. The lowest BCUT2D eigenvalue weighted by atomic mass is 10.2. The van der Waals surface area contributed by atoms with Crippen molar-refractivity contribution >= 4 is 35.1 Å². The van der Waals surface area contributed by atoms with Crippen LogP contribution in [0.25, 0.3) is 0 Å². The van der Waals surface area contributed by atoms with Gasteiger partial charge in [-0.2, -0.15) is 13.2 Å². The number of fused-ring (bicyclic) bond motifs is 1. The van der Waals surface area contributed by atoms with Gasteiger partial charge in [0.05, 0.1) is 17.3 Å². The van der Waals surface area contributed by atoms with Crippen LogP contribution >= 0.6 is 11.6 Å². The number of rotatable bonds is 4. The summed E-state index contributed by atoms with van der Waals surface area (Å²) < 4.78 is 59.6. The topological polar surface area (TPSA) is 65.5 Å². The van der Waals surface area contributed by atoms with Gasteiger partial charge in [0.25, 0.3) is 11.8 Å². The molecule has 0 aromatic heterocycles. The average molecular weight is 435 g/mol. The number of allylic oxidation sites excluding steroid dienone is 1. The molecule has 0 saturated heterocycles. The van der Waals surface area contributed by atoms with Crippen molar-refractivity contribution in [2.24, 2.45) is 4.99 Å². The molecule has 0 spiro atoms. The summed E-state index contributed by atoms with van der Waals surface area (Å²) in [6.07, 6.45) is -4.39. The fraction of sp³-hybridized carbons (Fsp3) is 0.353. The third-order valence-corrected chi connectivity index (χ3v) is 4.47. The Morgan fingerprint density at radius 1 is 1.34 bits per heavy atom. The molecule has 0 aliphatic carbocycles. The fourth-order valence-corrected chi connectivity index (χ4v) is 2.95. The highest BCUT2D eigenvalue weighted by molar-refractivity contribution is 6.32. The molecule has 0 fully saturated rings. The van der Waals surface area contributed by atoms with Crippen molar-refractivity contribution in [3.63, 3.8) is 0 Å².